The van der Waals surface area contributed by atoms with Crippen LogP contribution in [0.3, 0.4) is 0 Å². The molecule has 1 rings (SSSR count). The summed E-state index contributed by atoms with van der Waals surface area (Å²) in [6.45, 7) is 0. The molecule has 0 bridgehead atoms. The monoisotopic (exact) mass is 228 g/mol. The van der Waals surface area contributed by atoms with E-state index in [0.717, 1.165) is 21.6 Å². The smallest absolute Gasteiger partial charge is 0.378 e. The third kappa shape index (κ3) is 3.43. The lowest BCUT2D eigenvalue weighted by molar-refractivity contribution is 0.109. The number of carbonyl (C=O) groups excluding carboxylic acids is 2. The Hall–Kier alpha value is -0.940. The molecule has 0 N–H and O–H groups in total. The number of benzene rings is 1. The van der Waals surface area contributed by atoms with Crippen molar-refractivity contribution in [2.75, 3.05) is 7.11 Å². The van der Waals surface area contributed by atoms with Crippen LogP contribution in [0.5, 0.6) is 0 Å². The van der Waals surface area contributed by atoms with E-state index in [1.807, 2.05) is 6.07 Å². The van der Waals surface area contributed by atoms with Gasteiger partial charge in [0.05, 0.1) is 7.11 Å². The Morgan fingerprint density at radius 3 is 2.36 bits per heavy atom. The summed E-state index contributed by atoms with van der Waals surface area (Å²) in [5.41, 5.74) is 0.578. The summed E-state index contributed by atoms with van der Waals surface area (Å²) in [7, 11) is 2.93. The molecule has 14 heavy (non-hydrogen) atoms. The lowest BCUT2D eigenvalue weighted by atomic mass is 10.2. The minimum atomic E-state index is -0.473. The van der Waals surface area contributed by atoms with E-state index in [9.17, 15) is 9.59 Å². The van der Waals surface area contributed by atoms with E-state index in [2.05, 4.69) is 4.74 Å². The Balaban J connectivity index is 2.48. The molecule has 0 amide bonds. The summed E-state index contributed by atoms with van der Waals surface area (Å²) in [6, 6.07) is 8.78. The zero-order valence-corrected chi connectivity index (χ0v) is 9.06. The molecule has 0 aliphatic heterocycles. The lowest BCUT2D eigenvalue weighted by Crippen LogP contribution is -1.93. The average molecular weight is 228 g/mol. The van der Waals surface area contributed by atoms with Gasteiger partial charge in [-0.25, -0.2) is 4.79 Å². The highest BCUT2D eigenvalue weighted by Gasteiger charge is 2.10. The molecular weight excluding hydrogens is 220 g/mol. The standard InChI is InChI=1S/C9H8O3S2/c1-12-9(11)14-13-8(10)7-5-3-2-4-6-7/h2-6H,1H3. The Bertz CT molecular complexity index is 324. The molecule has 3 nitrogen and oxygen atoms in total. The maximum absolute atomic E-state index is 11.4. The van der Waals surface area contributed by atoms with Crippen LogP contribution in [0.15, 0.2) is 30.3 Å². The van der Waals surface area contributed by atoms with Gasteiger partial charge in [-0.1, -0.05) is 30.3 Å². The summed E-state index contributed by atoms with van der Waals surface area (Å²) in [6.07, 6.45) is 0. The summed E-state index contributed by atoms with van der Waals surface area (Å²) < 4.78 is 4.39. The van der Waals surface area contributed by atoms with Crippen LogP contribution < -0.4 is 0 Å². The van der Waals surface area contributed by atoms with E-state index in [0.29, 0.717) is 5.56 Å². The maximum atomic E-state index is 11.4. The van der Waals surface area contributed by atoms with Crippen LogP contribution in [0.25, 0.3) is 0 Å². The Kier molecular flexibility index (Phi) is 4.55. The second-order valence-electron chi connectivity index (χ2n) is 2.27. The van der Waals surface area contributed by atoms with E-state index in [1.165, 1.54) is 7.11 Å². The van der Waals surface area contributed by atoms with Crippen molar-refractivity contribution in [3.63, 3.8) is 0 Å². The van der Waals surface area contributed by atoms with Crippen molar-refractivity contribution in [1.29, 1.82) is 0 Å². The van der Waals surface area contributed by atoms with Gasteiger partial charge in [-0.15, -0.1) is 0 Å². The minimum Gasteiger partial charge on any atom is -0.460 e. The van der Waals surface area contributed by atoms with Crippen molar-refractivity contribution in [3.05, 3.63) is 35.9 Å². The second-order valence-corrected chi connectivity index (χ2v) is 4.31. The van der Waals surface area contributed by atoms with Crippen LogP contribution in [0.4, 0.5) is 4.79 Å². The van der Waals surface area contributed by atoms with E-state index in [4.69, 9.17) is 0 Å². The highest BCUT2D eigenvalue weighted by molar-refractivity contribution is 8.87. The molecule has 0 aliphatic carbocycles. The van der Waals surface area contributed by atoms with Crippen molar-refractivity contribution < 1.29 is 14.3 Å². The predicted octanol–water partition coefficient (Wildman–Crippen LogP) is 2.97. The van der Waals surface area contributed by atoms with Gasteiger partial charge < -0.3 is 4.74 Å². The summed E-state index contributed by atoms with van der Waals surface area (Å²) in [5, 5.41) is -0.625. The molecule has 74 valence electrons. The van der Waals surface area contributed by atoms with E-state index in [-0.39, 0.29) is 5.12 Å². The van der Waals surface area contributed by atoms with Gasteiger partial charge in [0.2, 0.25) is 5.12 Å². The summed E-state index contributed by atoms with van der Waals surface area (Å²) in [4.78, 5) is 22.1. The normalized spacial score (nSPS) is 9.50. The van der Waals surface area contributed by atoms with Gasteiger partial charge in [-0.3, -0.25) is 4.79 Å². The molecular formula is C9H8O3S2. The summed E-state index contributed by atoms with van der Waals surface area (Å²) >= 11 is 0. The van der Waals surface area contributed by atoms with Crippen LogP contribution >= 0.6 is 21.6 Å². The molecule has 1 aromatic rings. The van der Waals surface area contributed by atoms with Gasteiger partial charge in [-0.05, 0) is 10.8 Å². The molecule has 5 heteroatoms. The molecule has 0 radical (unpaired) electrons. The van der Waals surface area contributed by atoms with Crippen LogP contribution in [0.1, 0.15) is 10.4 Å². The first-order valence-corrected chi connectivity index (χ1v) is 5.91. The van der Waals surface area contributed by atoms with Gasteiger partial charge >= 0.3 is 5.30 Å². The predicted molar refractivity (Wildman–Crippen MR) is 58.4 cm³/mol. The third-order valence-electron chi connectivity index (χ3n) is 1.36. The Labute approximate surface area is 89.6 Å². The van der Waals surface area contributed by atoms with Crippen LogP contribution in [0, 0.1) is 0 Å². The summed E-state index contributed by atoms with van der Waals surface area (Å²) in [5.74, 6) is 0. The SMILES string of the molecule is COC(=O)SSC(=O)c1ccccc1. The number of ether oxygens (including phenoxy) is 1. The van der Waals surface area contributed by atoms with Crippen LogP contribution in [0.2, 0.25) is 0 Å². The Morgan fingerprint density at radius 1 is 1.14 bits per heavy atom. The van der Waals surface area contributed by atoms with Crippen molar-refractivity contribution in [3.8, 4) is 0 Å². The first-order chi connectivity index (χ1) is 6.74. The maximum Gasteiger partial charge on any atom is 0.378 e. The molecule has 0 unspecified atom stereocenters. The molecule has 0 fully saturated rings. The van der Waals surface area contributed by atoms with Crippen molar-refractivity contribution >= 4 is 32.0 Å². The van der Waals surface area contributed by atoms with Gasteiger partial charge in [-0.2, -0.15) is 0 Å². The molecule has 0 spiro atoms. The van der Waals surface area contributed by atoms with Crippen LogP contribution in [-0.4, -0.2) is 17.5 Å². The van der Waals surface area contributed by atoms with Crippen molar-refractivity contribution in [2.45, 2.75) is 0 Å². The largest absolute Gasteiger partial charge is 0.460 e. The number of methoxy groups -OCH3 is 1. The minimum absolute atomic E-state index is 0.152. The molecule has 0 aromatic heterocycles. The van der Waals surface area contributed by atoms with Gasteiger partial charge in [0.25, 0.3) is 0 Å². The third-order valence-corrected chi connectivity index (χ3v) is 3.25. The quantitative estimate of drug-likeness (QED) is 0.546. The van der Waals surface area contributed by atoms with Gasteiger partial charge in [0.1, 0.15) is 0 Å². The highest BCUT2D eigenvalue weighted by Crippen LogP contribution is 2.27. The molecule has 0 heterocycles. The molecule has 0 saturated carbocycles. The Morgan fingerprint density at radius 2 is 1.79 bits per heavy atom. The van der Waals surface area contributed by atoms with Gasteiger partial charge in [0.15, 0.2) is 0 Å². The van der Waals surface area contributed by atoms with Gasteiger partial charge in [0, 0.05) is 16.4 Å². The lowest BCUT2D eigenvalue weighted by Gasteiger charge is -1.97. The van der Waals surface area contributed by atoms with Crippen molar-refractivity contribution in [2.24, 2.45) is 0 Å². The number of hydrogen-bond donors (Lipinski definition) is 0. The molecule has 1 aromatic carbocycles. The highest BCUT2D eigenvalue weighted by atomic mass is 33.1. The number of rotatable bonds is 1. The van der Waals surface area contributed by atoms with E-state index < -0.39 is 5.30 Å². The fraction of sp³-hybridized carbons (Fsp3) is 0.111. The second kappa shape index (κ2) is 5.72. The fourth-order valence-electron chi connectivity index (χ4n) is 0.728. The van der Waals surface area contributed by atoms with Crippen molar-refractivity contribution in [1.82, 2.24) is 0 Å². The average Bonchev–Trinajstić information content (AvgIpc) is 2.26. The zero-order valence-electron chi connectivity index (χ0n) is 7.43. The molecule has 0 saturated heterocycles. The topological polar surface area (TPSA) is 43.4 Å². The zero-order chi connectivity index (χ0) is 10.4. The number of hydrogen-bond acceptors (Lipinski definition) is 5. The molecule has 0 atom stereocenters. The number of carbonyl (C=O) groups is 2. The first kappa shape index (κ1) is 11.1. The van der Waals surface area contributed by atoms with Crippen LogP contribution in [-0.2, 0) is 4.74 Å². The first-order valence-electron chi connectivity index (χ1n) is 3.76. The van der Waals surface area contributed by atoms with E-state index >= 15 is 0 Å². The fourth-order valence-corrected chi connectivity index (χ4v) is 2.10. The van der Waals surface area contributed by atoms with E-state index in [1.54, 1.807) is 24.3 Å². The molecule has 0 aliphatic rings.